The quantitative estimate of drug-likeness (QED) is 0.0913. The lowest BCUT2D eigenvalue weighted by Crippen LogP contribution is -2.53. The van der Waals surface area contributed by atoms with Crippen molar-refractivity contribution in [2.75, 3.05) is 13.6 Å². The summed E-state index contributed by atoms with van der Waals surface area (Å²) in [6, 6.07) is 17.9. The molecular weight excluding hydrogens is 656 g/mol. The molecule has 2 amide bonds. The molecule has 2 atom stereocenters. The van der Waals surface area contributed by atoms with E-state index in [1.807, 2.05) is 73.8 Å². The van der Waals surface area contributed by atoms with Gasteiger partial charge in [-0.2, -0.15) is 0 Å². The minimum atomic E-state index is -0.829. The molecule has 0 aliphatic rings. The van der Waals surface area contributed by atoms with E-state index in [0.29, 0.717) is 31.0 Å². The molecule has 8 N–H and O–H groups in total. The van der Waals surface area contributed by atoms with Crippen molar-refractivity contribution in [3.63, 3.8) is 0 Å². The molecule has 5 aromatic rings. The summed E-state index contributed by atoms with van der Waals surface area (Å²) in [6.07, 6.45) is 7.64. The van der Waals surface area contributed by atoms with Crippen molar-refractivity contribution in [2.45, 2.75) is 67.7 Å². The van der Waals surface area contributed by atoms with Crippen LogP contribution in [0.2, 0.25) is 5.02 Å². The molecule has 256 valence electrons. The van der Waals surface area contributed by atoms with Crippen LogP contribution in [0.15, 0.2) is 89.2 Å². The number of fused-ring (bicyclic) bond motifs is 1. The highest BCUT2D eigenvalue weighted by atomic mass is 35.5. The van der Waals surface area contributed by atoms with Gasteiger partial charge in [-0.3, -0.25) is 14.6 Å². The molecular formula is C37H43ClN8O2S. The number of benzene rings is 2. The average molecular weight is 699 g/mol. The van der Waals surface area contributed by atoms with Gasteiger partial charge in [0.1, 0.15) is 11.1 Å². The Morgan fingerprint density at radius 1 is 0.980 bits per heavy atom. The number of unbranched alkanes of at least 4 members (excludes halogenated alkanes) is 1. The molecule has 5 rings (SSSR count). The number of rotatable bonds is 15. The predicted octanol–water partition coefficient (Wildman–Crippen LogP) is 5.34. The Morgan fingerprint density at radius 2 is 1.80 bits per heavy atom. The van der Waals surface area contributed by atoms with Gasteiger partial charge in [-0.05, 0) is 90.5 Å². The van der Waals surface area contributed by atoms with E-state index in [2.05, 4.69) is 20.3 Å². The molecule has 0 aliphatic carbocycles. The monoisotopic (exact) mass is 698 g/mol. The van der Waals surface area contributed by atoms with Gasteiger partial charge in [0.25, 0.3) is 0 Å². The summed E-state index contributed by atoms with van der Waals surface area (Å²) in [5, 5.41) is 5.37. The number of hydrogen-bond donors (Lipinski definition) is 5. The number of nitrogens with two attached hydrogens (primary N) is 3. The lowest BCUT2D eigenvalue weighted by molar-refractivity contribution is -0.140. The Bertz CT molecular complexity index is 1910. The van der Waals surface area contributed by atoms with Crippen LogP contribution in [0.1, 0.15) is 41.6 Å². The van der Waals surface area contributed by atoms with Crippen molar-refractivity contribution in [1.82, 2.24) is 25.2 Å². The second-order valence-electron chi connectivity index (χ2n) is 12.0. The fraction of sp³-hybridized carbons (Fsp3) is 0.297. The number of likely N-dealkylation sites (N-methyl/N-ethyl adjacent to an activating group) is 1. The van der Waals surface area contributed by atoms with Crippen molar-refractivity contribution >= 4 is 46.1 Å². The molecule has 0 saturated carbocycles. The molecule has 0 spiro atoms. The van der Waals surface area contributed by atoms with Gasteiger partial charge in [0, 0.05) is 66.6 Å². The topological polar surface area (TPSA) is 169 Å². The molecule has 0 bridgehead atoms. The van der Waals surface area contributed by atoms with E-state index in [4.69, 9.17) is 28.8 Å². The summed E-state index contributed by atoms with van der Waals surface area (Å²) in [5.41, 5.74) is 24.3. The molecule has 3 aromatic heterocycles. The van der Waals surface area contributed by atoms with Crippen LogP contribution in [0.25, 0.3) is 22.0 Å². The number of carbonyl (C=O) groups excluding carboxylic acids is 2. The van der Waals surface area contributed by atoms with E-state index < -0.39 is 12.1 Å². The molecule has 2 aromatic carbocycles. The fourth-order valence-electron chi connectivity index (χ4n) is 5.82. The summed E-state index contributed by atoms with van der Waals surface area (Å²) in [6.45, 7) is 2.93. The number of aryl methyl sites for hydroxylation is 1. The molecule has 0 aliphatic heterocycles. The first kappa shape index (κ1) is 36.0. The molecule has 0 unspecified atom stereocenters. The zero-order valence-electron chi connectivity index (χ0n) is 27.8. The second kappa shape index (κ2) is 16.9. The van der Waals surface area contributed by atoms with Crippen LogP contribution < -0.4 is 22.5 Å². The van der Waals surface area contributed by atoms with Crippen molar-refractivity contribution in [2.24, 2.45) is 17.2 Å². The summed E-state index contributed by atoms with van der Waals surface area (Å²) >= 11 is 8.40. The van der Waals surface area contributed by atoms with Gasteiger partial charge < -0.3 is 32.4 Å². The Balaban J connectivity index is 1.47. The SMILES string of the molecule is Cc1cc(-c2cc(Cl)c(Sc3ncccc3CN)c(CNC(=O)[C@H](Cc3c[nH]c4ccccc34)N(C)C(=O)[C@@H](N)CCCCN)c2)ccn1. The smallest absolute Gasteiger partial charge is 0.243 e. The third-order valence-electron chi connectivity index (χ3n) is 8.56. The first-order valence-electron chi connectivity index (χ1n) is 16.3. The normalized spacial score (nSPS) is 12.5. The standard InChI is InChI=1S/C37H43ClN8O2S/c1-23-16-24(12-15-42-23)26-17-28(34(30(38)18-26)49-36-25(20-40)8-7-14-43-36)22-45-35(47)33(46(2)37(48)31(41)10-5-6-13-39)19-27-21-44-32-11-4-3-9-29(27)32/h3-4,7-9,11-12,14-18,21,31,33,44H,5-6,10,13,19-20,22,39-41H2,1-2H3,(H,45,47)/t31-,33-/m0/s1. The van der Waals surface area contributed by atoms with E-state index in [0.717, 1.165) is 67.2 Å². The van der Waals surface area contributed by atoms with Crippen LogP contribution in [-0.4, -0.2) is 57.3 Å². The van der Waals surface area contributed by atoms with E-state index >= 15 is 0 Å². The Hall–Kier alpha value is -4.26. The highest BCUT2D eigenvalue weighted by molar-refractivity contribution is 7.99. The van der Waals surface area contributed by atoms with Gasteiger partial charge in [-0.15, -0.1) is 0 Å². The number of aromatic amines is 1. The van der Waals surface area contributed by atoms with Crippen LogP contribution >= 0.6 is 23.4 Å². The molecule has 0 fully saturated rings. The Labute approximate surface area is 296 Å². The van der Waals surface area contributed by atoms with Gasteiger partial charge in [-0.25, -0.2) is 4.98 Å². The zero-order chi connectivity index (χ0) is 34.9. The Kier molecular flexibility index (Phi) is 12.4. The number of hydrogen-bond acceptors (Lipinski definition) is 8. The summed E-state index contributed by atoms with van der Waals surface area (Å²) in [4.78, 5) is 42.2. The molecule has 12 heteroatoms. The minimum Gasteiger partial charge on any atom is -0.361 e. The van der Waals surface area contributed by atoms with Crippen LogP contribution in [0.5, 0.6) is 0 Å². The number of H-pyrrole nitrogens is 1. The van der Waals surface area contributed by atoms with Gasteiger partial charge in [0.2, 0.25) is 11.8 Å². The second-order valence-corrected chi connectivity index (χ2v) is 13.4. The van der Waals surface area contributed by atoms with Crippen LogP contribution in [0.3, 0.4) is 0 Å². The zero-order valence-corrected chi connectivity index (χ0v) is 29.4. The summed E-state index contributed by atoms with van der Waals surface area (Å²) < 4.78 is 0. The van der Waals surface area contributed by atoms with E-state index in [-0.39, 0.29) is 18.4 Å². The molecule has 0 radical (unpaired) electrons. The van der Waals surface area contributed by atoms with Gasteiger partial charge >= 0.3 is 0 Å². The number of aromatic nitrogens is 3. The van der Waals surface area contributed by atoms with E-state index in [1.165, 1.54) is 16.7 Å². The van der Waals surface area contributed by atoms with E-state index in [9.17, 15) is 9.59 Å². The first-order chi connectivity index (χ1) is 23.7. The van der Waals surface area contributed by atoms with Gasteiger partial charge in [0.05, 0.1) is 11.1 Å². The number of nitrogens with zero attached hydrogens (tertiary/aromatic N) is 3. The molecule has 0 saturated heterocycles. The molecule has 10 nitrogen and oxygen atoms in total. The minimum absolute atomic E-state index is 0.151. The van der Waals surface area contributed by atoms with Crippen molar-refractivity contribution in [3.8, 4) is 11.1 Å². The lowest BCUT2D eigenvalue weighted by Gasteiger charge is -2.30. The number of nitrogens with one attached hydrogen (secondary N) is 2. The highest BCUT2D eigenvalue weighted by Gasteiger charge is 2.31. The van der Waals surface area contributed by atoms with E-state index in [1.54, 1.807) is 19.4 Å². The number of amides is 2. The fourth-order valence-corrected chi connectivity index (χ4v) is 7.18. The van der Waals surface area contributed by atoms with Crippen LogP contribution in [0.4, 0.5) is 0 Å². The third kappa shape index (κ3) is 8.86. The number of pyridine rings is 2. The maximum atomic E-state index is 14.2. The van der Waals surface area contributed by atoms with Crippen molar-refractivity contribution in [3.05, 3.63) is 107 Å². The van der Waals surface area contributed by atoms with Gasteiger partial charge in [-0.1, -0.05) is 54.0 Å². The van der Waals surface area contributed by atoms with Crippen LogP contribution in [0, 0.1) is 6.92 Å². The number of carbonyl (C=O) groups is 2. The number of para-hydroxylation sites is 1. The largest absolute Gasteiger partial charge is 0.361 e. The average Bonchev–Trinajstić information content (AvgIpc) is 3.52. The Morgan fingerprint density at radius 3 is 2.57 bits per heavy atom. The van der Waals surface area contributed by atoms with Crippen LogP contribution in [-0.2, 0) is 29.1 Å². The maximum absolute atomic E-state index is 14.2. The van der Waals surface area contributed by atoms with Crippen molar-refractivity contribution in [1.29, 1.82) is 0 Å². The lowest BCUT2D eigenvalue weighted by atomic mass is 10.0. The molecule has 49 heavy (non-hydrogen) atoms. The summed E-state index contributed by atoms with van der Waals surface area (Å²) in [5.74, 6) is -0.608. The highest BCUT2D eigenvalue weighted by Crippen LogP contribution is 2.39. The molecule has 3 heterocycles. The predicted molar refractivity (Wildman–Crippen MR) is 197 cm³/mol. The van der Waals surface area contributed by atoms with Gasteiger partial charge in [0.15, 0.2) is 0 Å². The van der Waals surface area contributed by atoms with Crippen molar-refractivity contribution < 1.29 is 9.59 Å². The maximum Gasteiger partial charge on any atom is 0.243 e. The third-order valence-corrected chi connectivity index (χ3v) is 10.2. The summed E-state index contributed by atoms with van der Waals surface area (Å²) in [7, 11) is 1.64. The first-order valence-corrected chi connectivity index (χ1v) is 17.5. The number of halogens is 1.